The summed E-state index contributed by atoms with van der Waals surface area (Å²) < 4.78 is 0. The van der Waals surface area contributed by atoms with Gasteiger partial charge in [-0.1, -0.05) is 19.1 Å². The van der Waals surface area contributed by atoms with Gasteiger partial charge in [-0.15, -0.1) is 0 Å². The molecule has 1 aliphatic rings. The molecule has 0 atom stereocenters. The maximum atomic E-state index is 13.1. The van der Waals surface area contributed by atoms with Crippen molar-refractivity contribution in [1.29, 1.82) is 0 Å². The molecule has 138 valence electrons. The first-order valence-corrected chi connectivity index (χ1v) is 9.44. The van der Waals surface area contributed by atoms with Crippen LogP contribution in [0.1, 0.15) is 29.8 Å². The van der Waals surface area contributed by atoms with Crippen LogP contribution in [0.2, 0.25) is 0 Å². The fourth-order valence-corrected chi connectivity index (χ4v) is 3.41. The van der Waals surface area contributed by atoms with E-state index >= 15 is 0 Å². The third-order valence-corrected chi connectivity index (χ3v) is 5.01. The van der Waals surface area contributed by atoms with Gasteiger partial charge in [-0.05, 0) is 50.2 Å². The maximum Gasteiger partial charge on any atom is 0.258 e. The highest BCUT2D eigenvalue weighted by atomic mass is 16.2. The van der Waals surface area contributed by atoms with Crippen molar-refractivity contribution in [1.82, 2.24) is 9.88 Å². The highest BCUT2D eigenvalue weighted by molar-refractivity contribution is 6.06. The molecule has 5 nitrogen and oxygen atoms in total. The van der Waals surface area contributed by atoms with Crippen molar-refractivity contribution >= 4 is 17.4 Å². The van der Waals surface area contributed by atoms with E-state index in [1.54, 1.807) is 6.20 Å². The molecule has 2 heterocycles. The van der Waals surface area contributed by atoms with E-state index in [4.69, 9.17) is 0 Å². The molecule has 5 heteroatoms. The number of anilines is 2. The second kappa shape index (κ2) is 8.32. The molecule has 1 aromatic heterocycles. The Balaban J connectivity index is 1.79. The molecule has 0 aliphatic carbocycles. The number of amides is 1. The lowest BCUT2D eigenvalue weighted by molar-refractivity contribution is 0.0988. The zero-order chi connectivity index (χ0) is 18.5. The number of hydrogen-bond acceptors (Lipinski definition) is 4. The SMILES string of the molecule is CCN1CCN(c2cc(C(=O)N(CC)c3cccc(C)c3)ccn2)CC1. The van der Waals surface area contributed by atoms with Gasteiger partial charge in [0.15, 0.2) is 0 Å². The summed E-state index contributed by atoms with van der Waals surface area (Å²) in [6.45, 7) is 12.0. The average molecular weight is 352 g/mol. The Morgan fingerprint density at radius 3 is 2.54 bits per heavy atom. The van der Waals surface area contributed by atoms with Gasteiger partial charge in [-0.2, -0.15) is 0 Å². The van der Waals surface area contributed by atoms with Gasteiger partial charge in [0, 0.05) is 50.2 Å². The number of rotatable bonds is 5. The molecule has 0 unspecified atom stereocenters. The molecule has 1 fully saturated rings. The summed E-state index contributed by atoms with van der Waals surface area (Å²) in [4.78, 5) is 24.1. The van der Waals surface area contributed by atoms with Crippen molar-refractivity contribution in [3.05, 3.63) is 53.7 Å². The van der Waals surface area contributed by atoms with Crippen LogP contribution in [0.5, 0.6) is 0 Å². The van der Waals surface area contributed by atoms with Crippen LogP contribution in [0.15, 0.2) is 42.6 Å². The van der Waals surface area contributed by atoms with Crippen LogP contribution in [0.3, 0.4) is 0 Å². The number of benzene rings is 1. The fraction of sp³-hybridized carbons (Fsp3) is 0.429. The lowest BCUT2D eigenvalue weighted by atomic mass is 10.1. The molecular formula is C21H28N4O. The summed E-state index contributed by atoms with van der Waals surface area (Å²) in [5.41, 5.74) is 2.78. The molecule has 1 amide bonds. The summed E-state index contributed by atoms with van der Waals surface area (Å²) in [5, 5.41) is 0. The van der Waals surface area contributed by atoms with Gasteiger partial charge in [0.1, 0.15) is 5.82 Å². The molecule has 1 aliphatic heterocycles. The third-order valence-electron chi connectivity index (χ3n) is 5.01. The molecule has 0 spiro atoms. The molecule has 2 aromatic rings. The highest BCUT2D eigenvalue weighted by Gasteiger charge is 2.20. The Morgan fingerprint density at radius 2 is 1.88 bits per heavy atom. The zero-order valence-electron chi connectivity index (χ0n) is 16.0. The Hall–Kier alpha value is -2.40. The van der Waals surface area contributed by atoms with Gasteiger partial charge in [0.05, 0.1) is 0 Å². The number of pyridine rings is 1. The predicted octanol–water partition coefficient (Wildman–Crippen LogP) is 3.20. The van der Waals surface area contributed by atoms with Gasteiger partial charge < -0.3 is 14.7 Å². The van der Waals surface area contributed by atoms with Crippen molar-refractivity contribution in [3.63, 3.8) is 0 Å². The Labute approximate surface area is 156 Å². The molecule has 0 radical (unpaired) electrons. The second-order valence-electron chi connectivity index (χ2n) is 6.71. The van der Waals surface area contributed by atoms with Crippen LogP contribution in [-0.4, -0.2) is 55.1 Å². The summed E-state index contributed by atoms with van der Waals surface area (Å²) in [5.74, 6) is 0.917. The minimum Gasteiger partial charge on any atom is -0.354 e. The molecular weight excluding hydrogens is 324 g/mol. The van der Waals surface area contributed by atoms with Crippen molar-refractivity contribution in [2.75, 3.05) is 49.1 Å². The number of aromatic nitrogens is 1. The number of nitrogens with zero attached hydrogens (tertiary/aromatic N) is 4. The lowest BCUT2D eigenvalue weighted by Gasteiger charge is -2.34. The minimum atomic E-state index is 0.0222. The maximum absolute atomic E-state index is 13.1. The first-order valence-electron chi connectivity index (χ1n) is 9.44. The van der Waals surface area contributed by atoms with Crippen LogP contribution in [0, 0.1) is 6.92 Å². The number of likely N-dealkylation sites (N-methyl/N-ethyl adjacent to an activating group) is 1. The number of carbonyl (C=O) groups is 1. The summed E-state index contributed by atoms with van der Waals surface area (Å²) in [6.07, 6.45) is 1.75. The number of piperazine rings is 1. The molecule has 1 saturated heterocycles. The molecule has 0 N–H and O–H groups in total. The zero-order valence-corrected chi connectivity index (χ0v) is 16.0. The fourth-order valence-electron chi connectivity index (χ4n) is 3.41. The van der Waals surface area contributed by atoms with E-state index in [-0.39, 0.29) is 5.91 Å². The smallest absolute Gasteiger partial charge is 0.258 e. The second-order valence-corrected chi connectivity index (χ2v) is 6.71. The average Bonchev–Trinajstić information content (AvgIpc) is 2.69. The summed E-state index contributed by atoms with van der Waals surface area (Å²) in [7, 11) is 0. The molecule has 0 bridgehead atoms. The molecule has 3 rings (SSSR count). The number of aryl methyl sites for hydroxylation is 1. The van der Waals surface area contributed by atoms with E-state index in [9.17, 15) is 4.79 Å². The quantitative estimate of drug-likeness (QED) is 0.828. The monoisotopic (exact) mass is 352 g/mol. The minimum absolute atomic E-state index is 0.0222. The van der Waals surface area contributed by atoms with Crippen LogP contribution in [-0.2, 0) is 0 Å². The van der Waals surface area contributed by atoms with Crippen molar-refractivity contribution in [3.8, 4) is 0 Å². The van der Waals surface area contributed by atoms with E-state index in [0.717, 1.165) is 49.8 Å². The topological polar surface area (TPSA) is 39.7 Å². The number of carbonyl (C=O) groups excluding carboxylic acids is 1. The van der Waals surface area contributed by atoms with Gasteiger partial charge in [-0.3, -0.25) is 4.79 Å². The van der Waals surface area contributed by atoms with Crippen LogP contribution in [0.25, 0.3) is 0 Å². The molecule has 1 aromatic carbocycles. The first kappa shape index (κ1) is 18.4. The Morgan fingerprint density at radius 1 is 1.12 bits per heavy atom. The van der Waals surface area contributed by atoms with Crippen molar-refractivity contribution in [2.45, 2.75) is 20.8 Å². The van der Waals surface area contributed by atoms with Crippen molar-refractivity contribution < 1.29 is 4.79 Å². The highest BCUT2D eigenvalue weighted by Crippen LogP contribution is 2.21. The van der Waals surface area contributed by atoms with Crippen LogP contribution >= 0.6 is 0 Å². The molecule has 26 heavy (non-hydrogen) atoms. The van der Waals surface area contributed by atoms with E-state index < -0.39 is 0 Å². The number of hydrogen-bond donors (Lipinski definition) is 0. The predicted molar refractivity (Wildman–Crippen MR) is 107 cm³/mol. The van der Waals surface area contributed by atoms with E-state index in [2.05, 4.69) is 21.7 Å². The van der Waals surface area contributed by atoms with Crippen LogP contribution in [0.4, 0.5) is 11.5 Å². The standard InChI is InChI=1S/C21H28N4O/c1-4-23-11-13-24(14-12-23)20-16-18(9-10-22-20)21(26)25(5-2)19-8-6-7-17(3)15-19/h6-10,15-16H,4-5,11-14H2,1-3H3. The van der Waals surface area contributed by atoms with E-state index in [1.807, 2.05) is 55.1 Å². The Kier molecular flexibility index (Phi) is 5.89. The van der Waals surface area contributed by atoms with Crippen molar-refractivity contribution in [2.24, 2.45) is 0 Å². The third kappa shape index (κ3) is 4.05. The van der Waals surface area contributed by atoms with Gasteiger partial charge in [0.25, 0.3) is 5.91 Å². The van der Waals surface area contributed by atoms with Crippen LogP contribution < -0.4 is 9.80 Å². The normalized spacial score (nSPS) is 15.1. The van der Waals surface area contributed by atoms with Gasteiger partial charge in [-0.25, -0.2) is 4.98 Å². The van der Waals surface area contributed by atoms with E-state index in [0.29, 0.717) is 12.1 Å². The first-order chi connectivity index (χ1) is 12.6. The largest absolute Gasteiger partial charge is 0.354 e. The van der Waals surface area contributed by atoms with Gasteiger partial charge in [0.2, 0.25) is 0 Å². The summed E-state index contributed by atoms with van der Waals surface area (Å²) >= 11 is 0. The van der Waals surface area contributed by atoms with Gasteiger partial charge >= 0.3 is 0 Å². The Bertz CT molecular complexity index is 753. The lowest BCUT2D eigenvalue weighted by Crippen LogP contribution is -2.46. The van der Waals surface area contributed by atoms with E-state index in [1.165, 1.54) is 0 Å². The molecule has 0 saturated carbocycles. The summed E-state index contributed by atoms with van der Waals surface area (Å²) in [6, 6.07) is 11.8.